The molecule has 0 radical (unpaired) electrons. The van der Waals surface area contributed by atoms with E-state index < -0.39 is 36.9 Å². The number of carbonyl (C=O) groups is 1. The fraction of sp³-hybridized carbons (Fsp3) is 0.977. The van der Waals surface area contributed by atoms with Gasteiger partial charge in [0.05, 0.1) is 18.8 Å². The van der Waals surface area contributed by atoms with Crippen molar-refractivity contribution < 1.29 is 25.2 Å². The van der Waals surface area contributed by atoms with E-state index in [1.54, 1.807) is 0 Å². The minimum absolute atomic E-state index is 0.376. The van der Waals surface area contributed by atoms with Crippen LogP contribution >= 0.6 is 0 Å². The van der Waals surface area contributed by atoms with Crippen LogP contribution in [-0.4, -0.2) is 57.3 Å². The first-order valence-electron chi connectivity index (χ1n) is 22.4. The van der Waals surface area contributed by atoms with Gasteiger partial charge in [-0.1, -0.05) is 232 Å². The Balaban J connectivity index is 3.68. The van der Waals surface area contributed by atoms with Crippen LogP contribution in [0.1, 0.15) is 245 Å². The Kier molecular flexibility index (Phi) is 39.0. The number of hydrogen-bond acceptors (Lipinski definition) is 5. The van der Waals surface area contributed by atoms with Crippen LogP contribution in [0.2, 0.25) is 0 Å². The van der Waals surface area contributed by atoms with E-state index in [1.807, 2.05) is 0 Å². The molecule has 0 aliphatic carbocycles. The van der Waals surface area contributed by atoms with Gasteiger partial charge in [0.15, 0.2) is 0 Å². The van der Waals surface area contributed by atoms with E-state index in [-0.39, 0.29) is 0 Å². The van der Waals surface area contributed by atoms with E-state index in [0.717, 1.165) is 38.5 Å². The summed E-state index contributed by atoms with van der Waals surface area (Å²) < 4.78 is 0. The van der Waals surface area contributed by atoms with Crippen LogP contribution in [0, 0.1) is 0 Å². The summed E-state index contributed by atoms with van der Waals surface area (Å²) in [5.74, 6) is -0.579. The molecule has 0 saturated heterocycles. The molecule has 50 heavy (non-hydrogen) atoms. The summed E-state index contributed by atoms with van der Waals surface area (Å²) >= 11 is 0. The van der Waals surface area contributed by atoms with E-state index in [0.29, 0.717) is 12.8 Å². The average Bonchev–Trinajstić information content (AvgIpc) is 3.12. The maximum absolute atomic E-state index is 12.5. The van der Waals surface area contributed by atoms with Crippen molar-refractivity contribution in [1.82, 2.24) is 5.32 Å². The van der Waals surface area contributed by atoms with Crippen LogP contribution in [0.3, 0.4) is 0 Å². The standard InChI is InChI=1S/C44H89NO5/c1-3-5-7-9-11-13-15-17-19-20-21-22-23-24-26-28-30-32-34-36-38-42(48)44(50)45-40(39-46)43(49)41(47)37-35-33-31-29-27-25-18-16-14-12-10-8-6-4-2/h40-43,46-49H,3-39H2,1-2H3,(H,45,50)/t40-,41+,42-,43-/m0/s1. The summed E-state index contributed by atoms with van der Waals surface area (Å²) in [5, 5.41) is 43.7. The van der Waals surface area contributed by atoms with Gasteiger partial charge in [0.1, 0.15) is 12.2 Å². The molecule has 0 aliphatic heterocycles. The van der Waals surface area contributed by atoms with Crippen LogP contribution in [0.5, 0.6) is 0 Å². The van der Waals surface area contributed by atoms with E-state index in [9.17, 15) is 25.2 Å². The van der Waals surface area contributed by atoms with E-state index in [4.69, 9.17) is 0 Å². The predicted molar refractivity (Wildman–Crippen MR) is 215 cm³/mol. The Morgan fingerprint density at radius 2 is 0.680 bits per heavy atom. The highest BCUT2D eigenvalue weighted by Gasteiger charge is 2.28. The molecule has 6 heteroatoms. The SMILES string of the molecule is CCCCCCCCCCCCCCCCCCCCCC[C@H](O)C(=O)N[C@@H](CO)[C@H](O)[C@H](O)CCCCCCCCCCCCCCCC. The minimum Gasteiger partial charge on any atom is -0.394 e. The smallest absolute Gasteiger partial charge is 0.249 e. The number of amides is 1. The Hall–Kier alpha value is -0.690. The van der Waals surface area contributed by atoms with Gasteiger partial charge in [-0.05, 0) is 12.8 Å². The number of aliphatic hydroxyl groups excluding tert-OH is 4. The highest BCUT2D eigenvalue weighted by molar-refractivity contribution is 5.80. The molecule has 0 aromatic heterocycles. The topological polar surface area (TPSA) is 110 Å². The van der Waals surface area contributed by atoms with Crippen LogP contribution in [-0.2, 0) is 4.79 Å². The third-order valence-corrected chi connectivity index (χ3v) is 10.8. The molecule has 0 heterocycles. The third-order valence-electron chi connectivity index (χ3n) is 10.8. The van der Waals surface area contributed by atoms with Crippen LogP contribution in [0.25, 0.3) is 0 Å². The first-order chi connectivity index (χ1) is 24.5. The molecule has 0 bridgehead atoms. The largest absolute Gasteiger partial charge is 0.394 e. The fourth-order valence-electron chi connectivity index (χ4n) is 7.23. The lowest BCUT2D eigenvalue weighted by Gasteiger charge is -2.27. The second-order valence-corrected chi connectivity index (χ2v) is 15.8. The van der Waals surface area contributed by atoms with E-state index >= 15 is 0 Å². The van der Waals surface area contributed by atoms with Gasteiger partial charge >= 0.3 is 0 Å². The maximum Gasteiger partial charge on any atom is 0.249 e. The normalized spacial score (nSPS) is 14.1. The Morgan fingerprint density at radius 1 is 0.420 bits per heavy atom. The predicted octanol–water partition coefficient (Wildman–Crippen LogP) is 11.6. The molecule has 300 valence electrons. The molecule has 0 fully saturated rings. The molecule has 6 nitrogen and oxygen atoms in total. The van der Waals surface area contributed by atoms with Gasteiger partial charge < -0.3 is 25.7 Å². The molecule has 4 atom stereocenters. The summed E-state index contributed by atoms with van der Waals surface area (Å²) in [4.78, 5) is 12.5. The van der Waals surface area contributed by atoms with Gasteiger partial charge in [-0.3, -0.25) is 4.79 Å². The molecule has 0 aromatic carbocycles. The van der Waals surface area contributed by atoms with Crippen molar-refractivity contribution in [3.05, 3.63) is 0 Å². The molecule has 0 unspecified atom stereocenters. The van der Waals surface area contributed by atoms with Crippen molar-refractivity contribution in [1.29, 1.82) is 0 Å². The second-order valence-electron chi connectivity index (χ2n) is 15.8. The van der Waals surface area contributed by atoms with E-state index in [2.05, 4.69) is 19.2 Å². The van der Waals surface area contributed by atoms with Crippen LogP contribution in [0.15, 0.2) is 0 Å². The zero-order chi connectivity index (χ0) is 36.8. The number of carbonyl (C=O) groups excluding carboxylic acids is 1. The molecule has 1 amide bonds. The molecule has 0 saturated carbocycles. The van der Waals surface area contributed by atoms with Crippen molar-refractivity contribution in [2.24, 2.45) is 0 Å². The summed E-state index contributed by atoms with van der Waals surface area (Å²) in [6.45, 7) is 4.06. The third kappa shape index (κ3) is 33.2. The van der Waals surface area contributed by atoms with Crippen molar-refractivity contribution in [3.8, 4) is 0 Å². The van der Waals surface area contributed by atoms with Crippen LogP contribution in [0.4, 0.5) is 0 Å². The van der Waals surface area contributed by atoms with Crippen LogP contribution < -0.4 is 5.32 Å². The summed E-state index contributed by atoms with van der Waals surface area (Å²) in [5.41, 5.74) is 0. The molecule has 0 aliphatic rings. The minimum atomic E-state index is -1.25. The van der Waals surface area contributed by atoms with Gasteiger partial charge in [-0.2, -0.15) is 0 Å². The highest BCUT2D eigenvalue weighted by Crippen LogP contribution is 2.17. The zero-order valence-electron chi connectivity index (χ0n) is 33.7. The number of aliphatic hydroxyl groups is 4. The second kappa shape index (κ2) is 39.5. The van der Waals surface area contributed by atoms with Crippen molar-refractivity contribution in [2.45, 2.75) is 269 Å². The first kappa shape index (κ1) is 49.3. The number of unbranched alkanes of at least 4 members (excludes halogenated alkanes) is 32. The monoisotopic (exact) mass is 712 g/mol. The zero-order valence-corrected chi connectivity index (χ0v) is 33.7. The molecule has 5 N–H and O–H groups in total. The molecular weight excluding hydrogens is 622 g/mol. The van der Waals surface area contributed by atoms with Gasteiger partial charge in [0, 0.05) is 0 Å². The lowest BCUT2D eigenvalue weighted by atomic mass is 9.99. The summed E-state index contributed by atoms with van der Waals surface area (Å²) in [7, 11) is 0. The van der Waals surface area contributed by atoms with Gasteiger partial charge in [0.2, 0.25) is 5.91 Å². The quantitative estimate of drug-likeness (QED) is 0.0406. The van der Waals surface area contributed by atoms with Gasteiger partial charge in [-0.25, -0.2) is 0 Å². The van der Waals surface area contributed by atoms with Crippen molar-refractivity contribution >= 4 is 5.91 Å². The van der Waals surface area contributed by atoms with Gasteiger partial charge in [-0.15, -0.1) is 0 Å². The van der Waals surface area contributed by atoms with Crippen molar-refractivity contribution in [3.63, 3.8) is 0 Å². The highest BCUT2D eigenvalue weighted by atomic mass is 16.3. The maximum atomic E-state index is 12.5. The number of hydrogen-bond donors (Lipinski definition) is 5. The van der Waals surface area contributed by atoms with E-state index in [1.165, 1.54) is 180 Å². The summed E-state index contributed by atoms with van der Waals surface area (Å²) in [6.07, 6.45) is 41.3. The fourth-order valence-corrected chi connectivity index (χ4v) is 7.23. The Morgan fingerprint density at radius 3 is 0.960 bits per heavy atom. The van der Waals surface area contributed by atoms with Gasteiger partial charge in [0.25, 0.3) is 0 Å². The summed E-state index contributed by atoms with van der Waals surface area (Å²) in [6, 6.07) is -0.978. The lowest BCUT2D eigenvalue weighted by Crippen LogP contribution is -2.53. The first-order valence-corrected chi connectivity index (χ1v) is 22.4. The number of nitrogens with one attached hydrogen (secondary N) is 1. The molecule has 0 aromatic rings. The average molecular weight is 712 g/mol. The van der Waals surface area contributed by atoms with Crippen molar-refractivity contribution in [2.75, 3.05) is 6.61 Å². The Labute approximate surface area is 311 Å². The molecule has 0 rings (SSSR count). The lowest BCUT2D eigenvalue weighted by molar-refractivity contribution is -0.132. The Bertz CT molecular complexity index is 677. The molecular formula is C44H89NO5. The molecule has 0 spiro atoms. The number of rotatable bonds is 41.